The Hall–Kier alpha value is -5.96. The number of aryl methyl sites for hydroxylation is 4. The number of benzene rings is 6. The molecule has 0 fully saturated rings. The Morgan fingerprint density at radius 3 is 1.89 bits per heavy atom. The average Bonchev–Trinajstić information content (AvgIpc) is 3.02. The minimum Gasteiger partial charge on any atom is -0.505 e. The third-order valence-electron chi connectivity index (χ3n) is 7.72. The van der Waals surface area contributed by atoms with E-state index in [1.54, 1.807) is 12.1 Å². The van der Waals surface area contributed by atoms with E-state index in [4.69, 9.17) is 5.73 Å². The molecule has 0 aliphatic carbocycles. The van der Waals surface area contributed by atoms with Crippen LogP contribution in [0.5, 0.6) is 11.5 Å². The van der Waals surface area contributed by atoms with Gasteiger partial charge in [0.25, 0.3) is 0 Å². The molecular formula is C36H31N7O2. The van der Waals surface area contributed by atoms with Crippen molar-refractivity contribution < 1.29 is 10.2 Å². The van der Waals surface area contributed by atoms with Crippen LogP contribution in [0.2, 0.25) is 0 Å². The average molecular weight is 594 g/mol. The van der Waals surface area contributed by atoms with E-state index in [0.29, 0.717) is 44.9 Å². The number of aromatic hydroxyl groups is 2. The van der Waals surface area contributed by atoms with Crippen LogP contribution in [0.4, 0.5) is 39.8 Å². The summed E-state index contributed by atoms with van der Waals surface area (Å²) in [5.41, 5.74) is 13.4. The van der Waals surface area contributed by atoms with Crippen LogP contribution in [0.15, 0.2) is 122 Å². The summed E-state index contributed by atoms with van der Waals surface area (Å²) in [4.78, 5) is 0. The molecule has 0 amide bonds. The Balaban J connectivity index is 1.35. The second-order valence-electron chi connectivity index (χ2n) is 11.0. The molecule has 0 aliphatic heterocycles. The van der Waals surface area contributed by atoms with E-state index in [2.05, 4.69) is 30.7 Å². The number of hydrogen-bond donors (Lipinski definition) is 3. The molecule has 6 aromatic rings. The van der Waals surface area contributed by atoms with Crippen molar-refractivity contribution in [2.24, 2.45) is 30.7 Å². The van der Waals surface area contributed by atoms with Crippen LogP contribution in [0, 0.1) is 27.7 Å². The van der Waals surface area contributed by atoms with Crippen molar-refractivity contribution in [2.75, 3.05) is 5.73 Å². The molecule has 0 radical (unpaired) electrons. The third-order valence-corrected chi connectivity index (χ3v) is 7.72. The summed E-state index contributed by atoms with van der Waals surface area (Å²) < 4.78 is 0. The smallest absolute Gasteiger partial charge is 0.153 e. The number of nitrogen functional groups attached to an aromatic ring is 1. The highest BCUT2D eigenvalue weighted by molar-refractivity contribution is 6.07. The van der Waals surface area contributed by atoms with Gasteiger partial charge in [-0.25, -0.2) is 0 Å². The highest BCUT2D eigenvalue weighted by Gasteiger charge is 2.18. The molecular weight excluding hydrogens is 562 g/mol. The number of anilines is 1. The Morgan fingerprint density at radius 1 is 0.489 bits per heavy atom. The van der Waals surface area contributed by atoms with Gasteiger partial charge in [0.05, 0.1) is 28.1 Å². The highest BCUT2D eigenvalue weighted by Crippen LogP contribution is 2.46. The summed E-state index contributed by atoms with van der Waals surface area (Å²) in [6, 6.07) is 28.1. The number of nitrogens with two attached hydrogens (primary N) is 1. The third kappa shape index (κ3) is 5.71. The van der Waals surface area contributed by atoms with Gasteiger partial charge in [0.1, 0.15) is 17.1 Å². The van der Waals surface area contributed by atoms with Crippen LogP contribution in [-0.4, -0.2) is 10.2 Å². The molecule has 222 valence electrons. The number of hydrogen-bond acceptors (Lipinski definition) is 9. The van der Waals surface area contributed by atoms with Gasteiger partial charge in [-0.15, -0.1) is 15.3 Å². The molecule has 6 aromatic carbocycles. The van der Waals surface area contributed by atoms with Gasteiger partial charge in [0, 0.05) is 5.39 Å². The lowest BCUT2D eigenvalue weighted by Crippen LogP contribution is -1.92. The molecule has 0 spiro atoms. The molecule has 6 rings (SSSR count). The first-order valence-electron chi connectivity index (χ1n) is 14.4. The van der Waals surface area contributed by atoms with E-state index < -0.39 is 0 Å². The fourth-order valence-corrected chi connectivity index (χ4v) is 5.25. The number of azo groups is 3. The van der Waals surface area contributed by atoms with Gasteiger partial charge in [0.2, 0.25) is 0 Å². The second kappa shape index (κ2) is 12.0. The summed E-state index contributed by atoms with van der Waals surface area (Å²) >= 11 is 0. The van der Waals surface area contributed by atoms with Gasteiger partial charge in [-0.05, 0) is 115 Å². The van der Waals surface area contributed by atoms with E-state index >= 15 is 0 Å². The van der Waals surface area contributed by atoms with Gasteiger partial charge >= 0.3 is 0 Å². The maximum absolute atomic E-state index is 11.4. The van der Waals surface area contributed by atoms with E-state index in [0.717, 1.165) is 38.7 Å². The Bertz CT molecular complexity index is 2190. The molecule has 9 heteroatoms. The molecule has 9 nitrogen and oxygen atoms in total. The minimum atomic E-state index is -0.0787. The van der Waals surface area contributed by atoms with E-state index in [1.807, 2.05) is 107 Å². The Kier molecular flexibility index (Phi) is 7.75. The quantitative estimate of drug-likeness (QED) is 0.131. The lowest BCUT2D eigenvalue weighted by atomic mass is 9.98. The lowest BCUT2D eigenvalue weighted by Gasteiger charge is -2.13. The van der Waals surface area contributed by atoms with Gasteiger partial charge in [-0.1, -0.05) is 36.4 Å². The first kappa shape index (κ1) is 29.1. The molecule has 0 atom stereocenters. The molecule has 0 saturated carbocycles. The van der Waals surface area contributed by atoms with Crippen molar-refractivity contribution in [3.8, 4) is 11.5 Å². The monoisotopic (exact) mass is 593 g/mol. The highest BCUT2D eigenvalue weighted by atomic mass is 16.3. The molecule has 0 saturated heterocycles. The molecule has 0 bridgehead atoms. The minimum absolute atomic E-state index is 0.0393. The number of fused-ring (bicyclic) bond motifs is 2. The van der Waals surface area contributed by atoms with Crippen molar-refractivity contribution >= 4 is 61.4 Å². The predicted octanol–water partition coefficient (Wildman–Crippen LogP) is 11.5. The van der Waals surface area contributed by atoms with Crippen LogP contribution in [0.25, 0.3) is 21.5 Å². The molecule has 0 heterocycles. The first-order valence-corrected chi connectivity index (χ1v) is 14.4. The standard InChI is InChI=1S/C36H31N7O2/c1-20-10-8-9-13-29(20)40-41-30-18-21(2)28-17-23(4)34(36(45)31(28)32(30)37)43-39-26-14-15-27-24(19-26)16-22(3)33(35(27)44)42-38-25-11-6-5-7-12-25/h5-19,44-45H,37H2,1-4H3. The van der Waals surface area contributed by atoms with E-state index in [-0.39, 0.29) is 11.5 Å². The number of nitrogens with zero attached hydrogens (tertiary/aromatic N) is 6. The van der Waals surface area contributed by atoms with Gasteiger partial charge in [-0.2, -0.15) is 15.3 Å². The molecule has 45 heavy (non-hydrogen) atoms. The summed E-state index contributed by atoms with van der Waals surface area (Å²) in [6.45, 7) is 7.63. The first-order chi connectivity index (χ1) is 21.7. The fraction of sp³-hybridized carbons (Fsp3) is 0.111. The van der Waals surface area contributed by atoms with E-state index in [1.165, 1.54) is 0 Å². The lowest BCUT2D eigenvalue weighted by molar-refractivity contribution is 0.482. The van der Waals surface area contributed by atoms with Crippen molar-refractivity contribution in [1.82, 2.24) is 0 Å². The van der Waals surface area contributed by atoms with Gasteiger partial charge < -0.3 is 15.9 Å². The fourth-order valence-electron chi connectivity index (χ4n) is 5.25. The maximum atomic E-state index is 11.4. The zero-order chi connectivity index (χ0) is 31.7. The van der Waals surface area contributed by atoms with Crippen LogP contribution < -0.4 is 5.73 Å². The zero-order valence-electron chi connectivity index (χ0n) is 25.3. The maximum Gasteiger partial charge on any atom is 0.153 e. The van der Waals surface area contributed by atoms with Crippen LogP contribution in [0.1, 0.15) is 22.3 Å². The zero-order valence-corrected chi connectivity index (χ0v) is 25.3. The normalized spacial score (nSPS) is 12.0. The van der Waals surface area contributed by atoms with Gasteiger partial charge in [0.15, 0.2) is 11.5 Å². The summed E-state index contributed by atoms with van der Waals surface area (Å²) in [6.07, 6.45) is 0. The van der Waals surface area contributed by atoms with Crippen LogP contribution in [-0.2, 0) is 0 Å². The Labute approximate surface area is 260 Å². The Morgan fingerprint density at radius 2 is 1.13 bits per heavy atom. The predicted molar refractivity (Wildman–Crippen MR) is 180 cm³/mol. The second-order valence-corrected chi connectivity index (χ2v) is 11.0. The molecule has 0 unspecified atom stereocenters. The molecule has 4 N–H and O–H groups in total. The topological polar surface area (TPSA) is 141 Å². The summed E-state index contributed by atoms with van der Waals surface area (Å²) in [7, 11) is 0. The van der Waals surface area contributed by atoms with Crippen LogP contribution in [0.3, 0.4) is 0 Å². The SMILES string of the molecule is Cc1ccccc1N=Nc1cc(C)c2cc(C)c(N=Nc3ccc4c(O)c(N=Nc5ccccc5)c(C)cc4c3)c(O)c2c1N. The summed E-state index contributed by atoms with van der Waals surface area (Å²) in [5, 5.41) is 51.3. The largest absolute Gasteiger partial charge is 0.505 e. The summed E-state index contributed by atoms with van der Waals surface area (Å²) in [5.74, 6) is -0.0394. The number of phenolic OH excluding ortho intramolecular Hbond substituents is 2. The van der Waals surface area contributed by atoms with Crippen LogP contribution >= 0.6 is 0 Å². The van der Waals surface area contributed by atoms with Crippen molar-refractivity contribution in [1.29, 1.82) is 0 Å². The number of phenols is 2. The van der Waals surface area contributed by atoms with Crippen molar-refractivity contribution in [2.45, 2.75) is 27.7 Å². The number of rotatable bonds is 6. The molecule has 0 aromatic heterocycles. The van der Waals surface area contributed by atoms with Crippen molar-refractivity contribution in [3.05, 3.63) is 113 Å². The van der Waals surface area contributed by atoms with Crippen molar-refractivity contribution in [3.63, 3.8) is 0 Å². The van der Waals surface area contributed by atoms with E-state index in [9.17, 15) is 10.2 Å². The molecule has 0 aliphatic rings. The van der Waals surface area contributed by atoms with Gasteiger partial charge in [-0.3, -0.25) is 0 Å².